The van der Waals surface area contributed by atoms with Crippen LogP contribution in [0.2, 0.25) is 5.02 Å². The number of hydrogen-bond acceptors (Lipinski definition) is 1. The van der Waals surface area contributed by atoms with E-state index in [0.29, 0.717) is 0 Å². The number of benzene rings is 1. The minimum atomic E-state index is -0.761. The maximum atomic E-state index is 8.93. The molecule has 2 atom stereocenters. The van der Waals surface area contributed by atoms with Crippen molar-refractivity contribution in [1.82, 2.24) is 0 Å². The van der Waals surface area contributed by atoms with Crippen molar-refractivity contribution < 1.29 is 4.89 Å². The van der Waals surface area contributed by atoms with E-state index in [-0.39, 0.29) is 5.12 Å². The first-order valence-electron chi connectivity index (χ1n) is 4.50. The van der Waals surface area contributed by atoms with Crippen molar-refractivity contribution in [3.63, 3.8) is 0 Å². The Morgan fingerprint density at radius 3 is 2.14 bits per heavy atom. The van der Waals surface area contributed by atoms with Crippen LogP contribution in [0.25, 0.3) is 0 Å². The lowest BCUT2D eigenvalue weighted by atomic mass is 10.4. The fourth-order valence-corrected chi connectivity index (χ4v) is 2.99. The lowest BCUT2D eigenvalue weighted by molar-refractivity contribution is 0.627. The highest BCUT2D eigenvalue weighted by molar-refractivity contribution is 7.54. The molecule has 1 aromatic rings. The van der Waals surface area contributed by atoms with Gasteiger partial charge in [-0.05, 0) is 31.1 Å². The van der Waals surface area contributed by atoms with E-state index in [1.54, 1.807) is 0 Å². The second-order valence-corrected chi connectivity index (χ2v) is 6.25. The average Bonchev–Trinajstić information content (AvgIpc) is 2.53. The Kier molecular flexibility index (Phi) is 5.81. The van der Waals surface area contributed by atoms with Crippen LogP contribution in [0, 0.1) is 0 Å². The van der Waals surface area contributed by atoms with Crippen molar-refractivity contribution in [1.29, 1.82) is 0 Å². The summed E-state index contributed by atoms with van der Waals surface area (Å²) in [5.74, 6) is 0. The van der Waals surface area contributed by atoms with Gasteiger partial charge in [0.2, 0.25) is 0 Å². The first kappa shape index (κ1) is 12.3. The molecule has 1 aliphatic heterocycles. The molecule has 2 rings (SSSR count). The molecule has 1 fully saturated rings. The minimum absolute atomic E-state index is 0.106. The summed E-state index contributed by atoms with van der Waals surface area (Å²) in [7, 11) is -0.761. The third-order valence-corrected chi connectivity index (χ3v) is 4.71. The molecule has 1 aromatic carbocycles. The molecule has 1 nitrogen and oxygen atoms in total. The van der Waals surface area contributed by atoms with Gasteiger partial charge in [0.1, 0.15) is 0 Å². The van der Waals surface area contributed by atoms with Crippen LogP contribution in [0.1, 0.15) is 12.8 Å². The standard InChI is InChI=1S/C6H5Cl.C4H8ClOP/c7-6-4-2-1-3-5-6;5-4-2-1-3-7(4)6/h1-5H;4,6H,1-3H2. The highest BCUT2D eigenvalue weighted by atomic mass is 35.5. The van der Waals surface area contributed by atoms with Crippen molar-refractivity contribution in [3.8, 4) is 0 Å². The third kappa shape index (κ3) is 4.61. The maximum absolute atomic E-state index is 8.93. The van der Waals surface area contributed by atoms with Gasteiger partial charge in [-0.2, -0.15) is 0 Å². The van der Waals surface area contributed by atoms with Crippen molar-refractivity contribution >= 4 is 31.4 Å². The second-order valence-electron chi connectivity index (χ2n) is 3.04. The van der Waals surface area contributed by atoms with Gasteiger partial charge in [-0.1, -0.05) is 29.8 Å². The molecule has 1 saturated heterocycles. The minimum Gasteiger partial charge on any atom is -0.372 e. The van der Waals surface area contributed by atoms with Crippen molar-refractivity contribution in [2.24, 2.45) is 0 Å². The van der Waals surface area contributed by atoms with Gasteiger partial charge < -0.3 is 4.89 Å². The quantitative estimate of drug-likeness (QED) is 0.544. The molecule has 78 valence electrons. The molecular weight excluding hydrogens is 238 g/mol. The van der Waals surface area contributed by atoms with Crippen LogP contribution < -0.4 is 0 Å². The zero-order chi connectivity index (χ0) is 10.4. The van der Waals surface area contributed by atoms with Gasteiger partial charge in [-0.15, -0.1) is 11.6 Å². The maximum Gasteiger partial charge on any atom is 0.0775 e. The number of rotatable bonds is 0. The van der Waals surface area contributed by atoms with Crippen LogP contribution in [0.5, 0.6) is 0 Å². The van der Waals surface area contributed by atoms with Crippen LogP contribution in [-0.4, -0.2) is 16.2 Å². The monoisotopic (exact) mass is 250 g/mol. The Bertz CT molecular complexity index is 248. The summed E-state index contributed by atoms with van der Waals surface area (Å²) < 4.78 is 0. The Morgan fingerprint density at radius 1 is 1.29 bits per heavy atom. The van der Waals surface area contributed by atoms with E-state index in [2.05, 4.69) is 0 Å². The van der Waals surface area contributed by atoms with Gasteiger partial charge in [0, 0.05) is 13.2 Å². The average molecular weight is 251 g/mol. The molecule has 1 heterocycles. The molecule has 0 radical (unpaired) electrons. The first-order valence-corrected chi connectivity index (χ1v) is 6.86. The summed E-state index contributed by atoms with van der Waals surface area (Å²) in [6, 6.07) is 9.44. The summed E-state index contributed by atoms with van der Waals surface area (Å²) in [5, 5.41) is 0.900. The molecule has 2 unspecified atom stereocenters. The molecule has 0 saturated carbocycles. The SMILES string of the molecule is Clc1ccccc1.OP1CCCC1Cl. The molecule has 14 heavy (non-hydrogen) atoms. The fraction of sp³-hybridized carbons (Fsp3) is 0.400. The summed E-state index contributed by atoms with van der Waals surface area (Å²) in [4.78, 5) is 8.93. The highest BCUT2D eigenvalue weighted by Gasteiger charge is 2.22. The zero-order valence-electron chi connectivity index (χ0n) is 7.74. The fourth-order valence-electron chi connectivity index (χ4n) is 1.13. The molecule has 1 aliphatic rings. The van der Waals surface area contributed by atoms with Crippen molar-refractivity contribution in [3.05, 3.63) is 35.4 Å². The Balaban J connectivity index is 0.000000140. The Morgan fingerprint density at radius 2 is 1.93 bits per heavy atom. The Labute approximate surface area is 95.9 Å². The van der Waals surface area contributed by atoms with E-state index in [1.807, 2.05) is 30.3 Å². The van der Waals surface area contributed by atoms with Gasteiger partial charge in [0.05, 0.1) is 5.12 Å². The molecule has 1 N–H and O–H groups in total. The lowest BCUT2D eigenvalue weighted by Gasteiger charge is -2.01. The van der Waals surface area contributed by atoms with E-state index >= 15 is 0 Å². The molecule has 0 spiro atoms. The third-order valence-electron chi connectivity index (χ3n) is 1.89. The predicted molar refractivity (Wildman–Crippen MR) is 64.3 cm³/mol. The van der Waals surface area contributed by atoms with E-state index in [1.165, 1.54) is 0 Å². The molecular formula is C10H13Cl2OP. The normalized spacial score (nSPS) is 25.4. The molecule has 0 aliphatic carbocycles. The molecule has 0 bridgehead atoms. The topological polar surface area (TPSA) is 20.2 Å². The van der Waals surface area contributed by atoms with Crippen LogP contribution in [-0.2, 0) is 0 Å². The van der Waals surface area contributed by atoms with Crippen LogP contribution in [0.15, 0.2) is 30.3 Å². The van der Waals surface area contributed by atoms with Gasteiger partial charge >= 0.3 is 0 Å². The molecule has 0 amide bonds. The Hall–Kier alpha value is 0.190. The summed E-state index contributed by atoms with van der Waals surface area (Å²) in [6.45, 7) is 0. The predicted octanol–water partition coefficient (Wildman–Crippen LogP) is 4.07. The molecule has 4 heteroatoms. The van der Waals surface area contributed by atoms with E-state index in [0.717, 1.165) is 24.0 Å². The van der Waals surface area contributed by atoms with Crippen molar-refractivity contribution in [2.45, 2.75) is 18.0 Å². The number of halogens is 2. The number of alkyl halides is 1. The largest absolute Gasteiger partial charge is 0.372 e. The van der Waals surface area contributed by atoms with Gasteiger partial charge in [0.25, 0.3) is 0 Å². The van der Waals surface area contributed by atoms with Gasteiger partial charge in [-0.3, -0.25) is 0 Å². The molecule has 0 aromatic heterocycles. The summed E-state index contributed by atoms with van der Waals surface area (Å²) in [6.07, 6.45) is 3.10. The van der Waals surface area contributed by atoms with Crippen LogP contribution in [0.3, 0.4) is 0 Å². The van der Waals surface area contributed by atoms with Gasteiger partial charge in [-0.25, -0.2) is 0 Å². The van der Waals surface area contributed by atoms with Crippen LogP contribution >= 0.6 is 31.4 Å². The van der Waals surface area contributed by atoms with E-state index < -0.39 is 8.15 Å². The lowest BCUT2D eigenvalue weighted by Crippen LogP contribution is -1.82. The van der Waals surface area contributed by atoms with E-state index in [4.69, 9.17) is 28.1 Å². The van der Waals surface area contributed by atoms with E-state index in [9.17, 15) is 0 Å². The highest BCUT2D eigenvalue weighted by Crippen LogP contribution is 2.47. The first-order chi connectivity index (χ1) is 6.70. The second kappa shape index (κ2) is 6.63. The zero-order valence-corrected chi connectivity index (χ0v) is 10.1. The van der Waals surface area contributed by atoms with Gasteiger partial charge in [0.15, 0.2) is 0 Å². The summed E-state index contributed by atoms with van der Waals surface area (Å²) >= 11 is 11.2. The van der Waals surface area contributed by atoms with Crippen LogP contribution in [0.4, 0.5) is 0 Å². The summed E-state index contributed by atoms with van der Waals surface area (Å²) in [5.41, 5.74) is 0. The van der Waals surface area contributed by atoms with Crippen molar-refractivity contribution in [2.75, 3.05) is 6.16 Å². The smallest absolute Gasteiger partial charge is 0.0775 e. The number of hydrogen-bond donors (Lipinski definition) is 1.